The molecule has 1 unspecified atom stereocenters. The maximum Gasteiger partial charge on any atom is 0.329 e. The van der Waals surface area contributed by atoms with E-state index < -0.39 is 33.3 Å². The van der Waals surface area contributed by atoms with Crippen molar-refractivity contribution < 1.29 is 23.1 Å². The first-order valence-electron chi connectivity index (χ1n) is 5.45. The van der Waals surface area contributed by atoms with Crippen LogP contribution in [0.15, 0.2) is 0 Å². The van der Waals surface area contributed by atoms with E-state index in [1.807, 2.05) is 0 Å². The van der Waals surface area contributed by atoms with Crippen LogP contribution in [-0.2, 0) is 14.8 Å². The zero-order chi connectivity index (χ0) is 14.0. The minimum atomic E-state index is -3.64. The molecule has 1 fully saturated rings. The van der Waals surface area contributed by atoms with Gasteiger partial charge in [-0.3, -0.25) is 0 Å². The molecule has 0 aromatic rings. The van der Waals surface area contributed by atoms with E-state index in [4.69, 9.17) is 10.2 Å². The summed E-state index contributed by atoms with van der Waals surface area (Å²) in [5, 5.41) is 18.5. The van der Waals surface area contributed by atoms with Gasteiger partial charge in [0.15, 0.2) is 0 Å². The molecule has 0 saturated heterocycles. The topological polar surface area (TPSA) is 139 Å². The molecule has 5 N–H and O–H groups in total. The molecule has 18 heavy (non-hydrogen) atoms. The molecule has 0 bridgehead atoms. The Balaban J connectivity index is 2.45. The highest BCUT2D eigenvalue weighted by atomic mass is 32.2. The molecule has 1 aliphatic rings. The van der Waals surface area contributed by atoms with E-state index in [0.717, 1.165) is 12.8 Å². The number of urea groups is 1. The number of carbonyl (C=O) groups is 2. The van der Waals surface area contributed by atoms with Crippen LogP contribution in [0.3, 0.4) is 0 Å². The smallest absolute Gasteiger partial charge is 0.329 e. The Morgan fingerprint density at radius 1 is 1.44 bits per heavy atom. The lowest BCUT2D eigenvalue weighted by Crippen LogP contribution is -2.57. The minimum Gasteiger partial charge on any atom is -0.480 e. The van der Waals surface area contributed by atoms with Crippen molar-refractivity contribution in [3.05, 3.63) is 0 Å². The number of hydrogen-bond acceptors (Lipinski definition) is 4. The molecule has 0 heterocycles. The lowest BCUT2D eigenvalue weighted by Gasteiger charge is -2.26. The van der Waals surface area contributed by atoms with E-state index in [1.54, 1.807) is 0 Å². The maximum atomic E-state index is 11.5. The molecule has 1 rings (SSSR count). The fraction of sp³-hybridized carbons (Fsp3) is 0.778. The van der Waals surface area contributed by atoms with Gasteiger partial charge in [0.05, 0.1) is 5.75 Å². The molecule has 0 aromatic heterocycles. The van der Waals surface area contributed by atoms with Crippen LogP contribution in [0.1, 0.15) is 19.8 Å². The van der Waals surface area contributed by atoms with Gasteiger partial charge in [-0.05, 0) is 25.7 Å². The van der Waals surface area contributed by atoms with E-state index >= 15 is 0 Å². The minimum absolute atomic E-state index is 0.0843. The zero-order valence-corrected chi connectivity index (χ0v) is 10.8. The molecule has 104 valence electrons. The summed E-state index contributed by atoms with van der Waals surface area (Å²) in [5.74, 6) is -1.58. The van der Waals surface area contributed by atoms with Gasteiger partial charge in [0, 0.05) is 6.54 Å². The maximum absolute atomic E-state index is 11.5. The lowest BCUT2D eigenvalue weighted by atomic mass is 9.96. The average molecular weight is 279 g/mol. The van der Waals surface area contributed by atoms with Crippen molar-refractivity contribution in [2.75, 3.05) is 12.3 Å². The Morgan fingerprint density at radius 3 is 2.39 bits per heavy atom. The Hall–Kier alpha value is -1.35. The summed E-state index contributed by atoms with van der Waals surface area (Å²) in [6, 6.07) is -0.713. The van der Waals surface area contributed by atoms with Crippen molar-refractivity contribution >= 4 is 22.0 Å². The third kappa shape index (κ3) is 4.15. The SMILES string of the molecule is CC(NC(=O)NCCS(N)(=O)=O)(C(=O)O)C1CC1. The molecule has 1 saturated carbocycles. The summed E-state index contributed by atoms with van der Waals surface area (Å²) in [7, 11) is -3.64. The fourth-order valence-electron chi connectivity index (χ4n) is 1.58. The zero-order valence-electron chi connectivity index (χ0n) is 9.97. The predicted molar refractivity (Wildman–Crippen MR) is 63.3 cm³/mol. The van der Waals surface area contributed by atoms with Crippen molar-refractivity contribution in [1.29, 1.82) is 0 Å². The van der Waals surface area contributed by atoms with Crippen molar-refractivity contribution in [2.45, 2.75) is 25.3 Å². The second kappa shape index (κ2) is 5.11. The van der Waals surface area contributed by atoms with Crippen LogP contribution in [0.25, 0.3) is 0 Å². The third-order valence-corrected chi connectivity index (χ3v) is 3.66. The number of amides is 2. The van der Waals surface area contributed by atoms with Crippen LogP contribution < -0.4 is 15.8 Å². The third-order valence-electron chi connectivity index (χ3n) is 2.88. The van der Waals surface area contributed by atoms with Gasteiger partial charge in [-0.25, -0.2) is 23.1 Å². The van der Waals surface area contributed by atoms with Gasteiger partial charge in [-0.1, -0.05) is 0 Å². The summed E-state index contributed by atoms with van der Waals surface area (Å²) >= 11 is 0. The first-order chi connectivity index (χ1) is 8.15. The first kappa shape index (κ1) is 14.7. The molecule has 0 radical (unpaired) electrons. The molecule has 0 aliphatic heterocycles. The average Bonchev–Trinajstić information content (AvgIpc) is 2.97. The van der Waals surface area contributed by atoms with E-state index in [9.17, 15) is 18.0 Å². The van der Waals surface area contributed by atoms with Crippen LogP contribution in [0, 0.1) is 5.92 Å². The monoisotopic (exact) mass is 279 g/mol. The number of aliphatic carboxylic acids is 1. The number of rotatable bonds is 6. The fourth-order valence-corrected chi connectivity index (χ4v) is 1.96. The highest BCUT2D eigenvalue weighted by Gasteiger charge is 2.48. The van der Waals surface area contributed by atoms with Crippen molar-refractivity contribution in [3.8, 4) is 0 Å². The van der Waals surface area contributed by atoms with E-state index in [2.05, 4.69) is 10.6 Å². The standard InChI is InChI=1S/C9H17N3O5S/c1-9(7(13)14,6-2-3-6)12-8(15)11-4-5-18(10,16)17/h6H,2-5H2,1H3,(H,13,14)(H2,10,16,17)(H2,11,12,15). The number of carboxylic acids is 1. The largest absolute Gasteiger partial charge is 0.480 e. The Labute approximate surface area is 105 Å². The quantitative estimate of drug-likeness (QED) is 0.485. The predicted octanol–water partition coefficient (Wildman–Crippen LogP) is -1.17. The Kier molecular flexibility index (Phi) is 4.17. The molecular weight excluding hydrogens is 262 g/mol. The van der Waals surface area contributed by atoms with Crippen LogP contribution in [0.2, 0.25) is 0 Å². The first-order valence-corrected chi connectivity index (χ1v) is 7.16. The molecule has 2 amide bonds. The number of primary sulfonamides is 1. The summed E-state index contributed by atoms with van der Waals surface area (Å²) < 4.78 is 21.3. The van der Waals surface area contributed by atoms with Gasteiger partial charge in [-0.2, -0.15) is 0 Å². The molecule has 8 nitrogen and oxygen atoms in total. The molecular formula is C9H17N3O5S. The molecule has 0 spiro atoms. The van der Waals surface area contributed by atoms with Crippen molar-refractivity contribution in [3.63, 3.8) is 0 Å². The van der Waals surface area contributed by atoms with Gasteiger partial charge in [0.1, 0.15) is 5.54 Å². The highest BCUT2D eigenvalue weighted by molar-refractivity contribution is 7.89. The van der Waals surface area contributed by atoms with E-state index in [0.29, 0.717) is 0 Å². The van der Waals surface area contributed by atoms with Crippen molar-refractivity contribution in [2.24, 2.45) is 11.1 Å². The normalized spacial score (nSPS) is 18.8. The highest BCUT2D eigenvalue weighted by Crippen LogP contribution is 2.39. The summed E-state index contributed by atoms with van der Waals surface area (Å²) in [4.78, 5) is 22.6. The number of carboxylic acid groups (broad SMARTS) is 1. The lowest BCUT2D eigenvalue weighted by molar-refractivity contribution is -0.144. The van der Waals surface area contributed by atoms with Crippen molar-refractivity contribution in [1.82, 2.24) is 10.6 Å². The molecule has 9 heteroatoms. The summed E-state index contributed by atoms with van der Waals surface area (Å²) in [5.41, 5.74) is -1.31. The molecule has 1 aliphatic carbocycles. The van der Waals surface area contributed by atoms with Crippen LogP contribution in [0.4, 0.5) is 4.79 Å². The number of hydrogen-bond donors (Lipinski definition) is 4. The Morgan fingerprint density at radius 2 is 2.00 bits per heavy atom. The number of sulfonamides is 1. The van der Waals surface area contributed by atoms with E-state index in [-0.39, 0.29) is 12.5 Å². The van der Waals surface area contributed by atoms with Gasteiger partial charge in [0.2, 0.25) is 10.0 Å². The summed E-state index contributed by atoms with van der Waals surface area (Å²) in [6.45, 7) is 1.28. The van der Waals surface area contributed by atoms with Gasteiger partial charge in [0.25, 0.3) is 0 Å². The summed E-state index contributed by atoms with van der Waals surface area (Å²) in [6.07, 6.45) is 1.50. The second-order valence-corrected chi connectivity index (χ2v) is 6.26. The number of carbonyl (C=O) groups excluding carboxylic acids is 1. The second-order valence-electron chi connectivity index (χ2n) is 4.53. The van der Waals surface area contributed by atoms with Gasteiger partial charge >= 0.3 is 12.0 Å². The Bertz CT molecular complexity index is 445. The van der Waals surface area contributed by atoms with Gasteiger partial charge in [-0.15, -0.1) is 0 Å². The van der Waals surface area contributed by atoms with Crippen LogP contribution in [0.5, 0.6) is 0 Å². The number of nitrogens with two attached hydrogens (primary N) is 1. The van der Waals surface area contributed by atoms with Gasteiger partial charge < -0.3 is 15.7 Å². The van der Waals surface area contributed by atoms with Crippen LogP contribution in [-0.4, -0.2) is 43.4 Å². The number of nitrogens with one attached hydrogen (secondary N) is 2. The molecule has 1 atom stereocenters. The molecule has 0 aromatic carbocycles. The van der Waals surface area contributed by atoms with Crippen LogP contribution >= 0.6 is 0 Å². The van der Waals surface area contributed by atoms with E-state index in [1.165, 1.54) is 6.92 Å².